The molecule has 1 heterocycles. The summed E-state index contributed by atoms with van der Waals surface area (Å²) >= 11 is 6.02. The molecule has 0 saturated carbocycles. The highest BCUT2D eigenvalue weighted by molar-refractivity contribution is 6.34. The van der Waals surface area contributed by atoms with Crippen LogP contribution in [0.4, 0.5) is 5.69 Å². The summed E-state index contributed by atoms with van der Waals surface area (Å²) in [6.07, 6.45) is 2.49. The Balaban J connectivity index is 1.94. The second-order valence-electron chi connectivity index (χ2n) is 5.01. The average Bonchev–Trinajstić information content (AvgIpc) is 2.89. The summed E-state index contributed by atoms with van der Waals surface area (Å²) in [5.41, 5.74) is 6.58. The number of nitrogens with two attached hydrogens (primary N) is 1. The van der Waals surface area contributed by atoms with Gasteiger partial charge in [-0.3, -0.25) is 9.69 Å². The number of nitrogens with one attached hydrogen (secondary N) is 1. The smallest absolute Gasteiger partial charge is 0.254 e. The first-order valence-corrected chi connectivity index (χ1v) is 7.03. The van der Waals surface area contributed by atoms with Crippen molar-refractivity contribution in [2.45, 2.75) is 25.8 Å². The summed E-state index contributed by atoms with van der Waals surface area (Å²) in [4.78, 5) is 14.5. The maximum absolute atomic E-state index is 12.1. The van der Waals surface area contributed by atoms with Crippen molar-refractivity contribution in [1.29, 1.82) is 0 Å². The molecule has 0 bridgehead atoms. The number of carbonyl (C=O) groups excluding carboxylic acids is 1. The number of hydrogen-bond acceptors (Lipinski definition) is 3. The Bertz CT molecular complexity index is 438. The van der Waals surface area contributed by atoms with E-state index < -0.39 is 0 Å². The lowest BCUT2D eigenvalue weighted by molar-refractivity contribution is 0.0941. The van der Waals surface area contributed by atoms with E-state index in [2.05, 4.69) is 17.1 Å². The van der Waals surface area contributed by atoms with E-state index in [1.807, 2.05) is 0 Å². The van der Waals surface area contributed by atoms with E-state index in [-0.39, 0.29) is 5.91 Å². The molecule has 4 nitrogen and oxygen atoms in total. The third-order valence-electron chi connectivity index (χ3n) is 3.59. The van der Waals surface area contributed by atoms with Gasteiger partial charge >= 0.3 is 0 Å². The molecular formula is C14H20ClN3O. The Hall–Kier alpha value is -1.26. The summed E-state index contributed by atoms with van der Waals surface area (Å²) in [6.45, 7) is 4.97. The molecule has 5 heteroatoms. The highest BCUT2D eigenvalue weighted by Crippen LogP contribution is 2.21. The van der Waals surface area contributed by atoms with Gasteiger partial charge in [-0.2, -0.15) is 0 Å². The number of nitrogen functional groups attached to an aromatic ring is 1. The van der Waals surface area contributed by atoms with E-state index in [0.717, 1.165) is 13.1 Å². The van der Waals surface area contributed by atoms with Crippen molar-refractivity contribution in [1.82, 2.24) is 10.2 Å². The predicted octanol–water partition coefficient (Wildman–Crippen LogP) is 2.14. The summed E-state index contributed by atoms with van der Waals surface area (Å²) in [5, 5.41) is 3.31. The number of likely N-dealkylation sites (tertiary alicyclic amines) is 1. The van der Waals surface area contributed by atoms with Crippen molar-refractivity contribution in [3.8, 4) is 0 Å². The fraction of sp³-hybridized carbons (Fsp3) is 0.500. The van der Waals surface area contributed by atoms with Crippen LogP contribution < -0.4 is 11.1 Å². The maximum Gasteiger partial charge on any atom is 0.254 e. The van der Waals surface area contributed by atoms with Crippen LogP contribution in [0.2, 0.25) is 5.02 Å². The number of halogens is 1. The van der Waals surface area contributed by atoms with Crippen LogP contribution in [0.3, 0.4) is 0 Å². The number of amides is 1. The van der Waals surface area contributed by atoms with Crippen LogP contribution in [0.1, 0.15) is 30.1 Å². The molecule has 1 atom stereocenters. The van der Waals surface area contributed by atoms with Crippen LogP contribution in [0, 0.1) is 0 Å². The fourth-order valence-corrected chi connectivity index (χ4v) is 2.69. The average molecular weight is 282 g/mol. The standard InChI is InChI=1S/C14H20ClN3O/c1-10(18-7-2-3-8-18)9-17-14(19)13-11(15)5-4-6-12(13)16/h4-6,10H,2-3,7-9,16H2,1H3,(H,17,19). The van der Waals surface area contributed by atoms with Gasteiger partial charge < -0.3 is 11.1 Å². The molecule has 1 unspecified atom stereocenters. The number of rotatable bonds is 4. The highest BCUT2D eigenvalue weighted by Gasteiger charge is 2.19. The van der Waals surface area contributed by atoms with Crippen LogP contribution in [-0.4, -0.2) is 36.5 Å². The molecule has 1 saturated heterocycles. The van der Waals surface area contributed by atoms with Gasteiger partial charge in [0.05, 0.1) is 10.6 Å². The second-order valence-corrected chi connectivity index (χ2v) is 5.41. The van der Waals surface area contributed by atoms with Gasteiger partial charge in [-0.05, 0) is 45.0 Å². The molecule has 0 aliphatic carbocycles. The van der Waals surface area contributed by atoms with Crippen molar-refractivity contribution in [2.75, 3.05) is 25.4 Å². The van der Waals surface area contributed by atoms with E-state index in [0.29, 0.717) is 28.9 Å². The molecule has 0 aromatic heterocycles. The van der Waals surface area contributed by atoms with E-state index in [1.54, 1.807) is 18.2 Å². The van der Waals surface area contributed by atoms with Crippen LogP contribution in [-0.2, 0) is 0 Å². The normalized spacial score (nSPS) is 17.4. The summed E-state index contributed by atoms with van der Waals surface area (Å²) < 4.78 is 0. The molecule has 3 N–H and O–H groups in total. The fourth-order valence-electron chi connectivity index (χ4n) is 2.42. The zero-order valence-electron chi connectivity index (χ0n) is 11.2. The molecule has 1 amide bonds. The first kappa shape index (κ1) is 14.2. The van der Waals surface area contributed by atoms with Gasteiger partial charge in [0.15, 0.2) is 0 Å². The number of nitrogens with zero attached hydrogens (tertiary/aromatic N) is 1. The number of benzene rings is 1. The molecule has 19 heavy (non-hydrogen) atoms. The number of carbonyl (C=O) groups is 1. The minimum atomic E-state index is -0.200. The van der Waals surface area contributed by atoms with Crippen molar-refractivity contribution in [3.05, 3.63) is 28.8 Å². The van der Waals surface area contributed by atoms with Crippen molar-refractivity contribution >= 4 is 23.2 Å². The van der Waals surface area contributed by atoms with Crippen LogP contribution in [0.15, 0.2) is 18.2 Å². The lowest BCUT2D eigenvalue weighted by Gasteiger charge is -2.24. The van der Waals surface area contributed by atoms with E-state index in [1.165, 1.54) is 12.8 Å². The van der Waals surface area contributed by atoms with Crippen molar-refractivity contribution in [2.24, 2.45) is 0 Å². The van der Waals surface area contributed by atoms with Gasteiger partial charge in [-0.15, -0.1) is 0 Å². The van der Waals surface area contributed by atoms with Crippen molar-refractivity contribution < 1.29 is 4.79 Å². The third-order valence-corrected chi connectivity index (χ3v) is 3.91. The minimum Gasteiger partial charge on any atom is -0.398 e. The first-order chi connectivity index (χ1) is 9.09. The van der Waals surface area contributed by atoms with E-state index in [9.17, 15) is 4.79 Å². The molecule has 1 fully saturated rings. The van der Waals surface area contributed by atoms with Crippen LogP contribution in [0.25, 0.3) is 0 Å². The van der Waals surface area contributed by atoms with Crippen molar-refractivity contribution in [3.63, 3.8) is 0 Å². The summed E-state index contributed by atoms with van der Waals surface area (Å²) in [5.74, 6) is -0.200. The molecule has 0 spiro atoms. The zero-order chi connectivity index (χ0) is 13.8. The van der Waals surface area contributed by atoms with E-state index in [4.69, 9.17) is 17.3 Å². The number of hydrogen-bond donors (Lipinski definition) is 2. The van der Waals surface area contributed by atoms with Gasteiger partial charge in [0.25, 0.3) is 5.91 Å². The Kier molecular flexibility index (Phi) is 4.66. The van der Waals surface area contributed by atoms with Gasteiger partial charge in [0, 0.05) is 18.3 Å². The Morgan fingerprint density at radius 2 is 2.16 bits per heavy atom. The molecule has 0 radical (unpaired) electrons. The zero-order valence-corrected chi connectivity index (χ0v) is 11.9. The van der Waals surface area contributed by atoms with Crippen LogP contribution >= 0.6 is 11.6 Å². The highest BCUT2D eigenvalue weighted by atomic mass is 35.5. The lowest BCUT2D eigenvalue weighted by Crippen LogP contribution is -2.40. The first-order valence-electron chi connectivity index (χ1n) is 6.66. The Morgan fingerprint density at radius 3 is 2.79 bits per heavy atom. The molecule has 2 rings (SSSR count). The van der Waals surface area contributed by atoms with Gasteiger partial charge in [0.2, 0.25) is 0 Å². The van der Waals surface area contributed by atoms with Crippen LogP contribution in [0.5, 0.6) is 0 Å². The maximum atomic E-state index is 12.1. The monoisotopic (exact) mass is 281 g/mol. The molecule has 1 aromatic rings. The largest absolute Gasteiger partial charge is 0.398 e. The Labute approximate surface area is 118 Å². The SMILES string of the molecule is CC(CNC(=O)c1c(N)cccc1Cl)N1CCCC1. The van der Waals surface area contributed by atoms with Gasteiger partial charge in [-0.25, -0.2) is 0 Å². The van der Waals surface area contributed by atoms with Gasteiger partial charge in [0.1, 0.15) is 0 Å². The summed E-state index contributed by atoms with van der Waals surface area (Å²) in [6, 6.07) is 5.44. The molecule has 1 aromatic carbocycles. The molecule has 104 valence electrons. The minimum absolute atomic E-state index is 0.200. The quantitative estimate of drug-likeness (QED) is 0.832. The van der Waals surface area contributed by atoms with Gasteiger partial charge in [-0.1, -0.05) is 17.7 Å². The molecule has 1 aliphatic heterocycles. The topological polar surface area (TPSA) is 58.4 Å². The Morgan fingerprint density at radius 1 is 1.47 bits per heavy atom. The second kappa shape index (κ2) is 6.26. The third kappa shape index (κ3) is 3.39. The number of anilines is 1. The molecule has 1 aliphatic rings. The lowest BCUT2D eigenvalue weighted by atomic mass is 10.1. The predicted molar refractivity (Wildman–Crippen MR) is 78.5 cm³/mol. The molecular weight excluding hydrogens is 262 g/mol. The summed E-state index contributed by atoms with van der Waals surface area (Å²) in [7, 11) is 0. The van der Waals surface area contributed by atoms with E-state index >= 15 is 0 Å².